The summed E-state index contributed by atoms with van der Waals surface area (Å²) in [6, 6.07) is 22.0. The Bertz CT molecular complexity index is 844. The van der Waals surface area contributed by atoms with E-state index < -0.39 is 0 Å². The predicted molar refractivity (Wildman–Crippen MR) is 108 cm³/mol. The topological polar surface area (TPSA) is 45.4 Å². The summed E-state index contributed by atoms with van der Waals surface area (Å²) in [6.45, 7) is 4.83. The van der Waals surface area contributed by atoms with Crippen LogP contribution < -0.4 is 0 Å². The molecule has 28 heavy (non-hydrogen) atoms. The van der Waals surface area contributed by atoms with Gasteiger partial charge in [0.05, 0.1) is 12.6 Å². The molecule has 0 amide bonds. The van der Waals surface area contributed by atoms with Crippen LogP contribution in [0.5, 0.6) is 0 Å². The molecule has 144 valence electrons. The van der Waals surface area contributed by atoms with Gasteiger partial charge in [-0.25, -0.2) is 0 Å². The minimum absolute atomic E-state index is 0.300. The van der Waals surface area contributed by atoms with Gasteiger partial charge in [0, 0.05) is 32.1 Å². The Balaban J connectivity index is 1.27. The minimum Gasteiger partial charge on any atom is -0.338 e. The molecule has 0 N–H and O–H groups in total. The van der Waals surface area contributed by atoms with E-state index in [1.54, 1.807) is 0 Å². The Morgan fingerprint density at radius 3 is 2.04 bits per heavy atom. The molecule has 2 heterocycles. The molecule has 0 bridgehead atoms. The van der Waals surface area contributed by atoms with Crippen LogP contribution in [0.1, 0.15) is 47.6 Å². The molecule has 0 unspecified atom stereocenters. The van der Waals surface area contributed by atoms with Gasteiger partial charge in [-0.1, -0.05) is 65.8 Å². The molecule has 5 heteroatoms. The molecule has 0 atom stereocenters. The van der Waals surface area contributed by atoms with Crippen LogP contribution in [0, 0.1) is 0 Å². The lowest BCUT2D eigenvalue weighted by Gasteiger charge is -2.39. The van der Waals surface area contributed by atoms with Gasteiger partial charge in [-0.05, 0) is 24.0 Å². The zero-order valence-electron chi connectivity index (χ0n) is 16.1. The monoisotopic (exact) mass is 374 g/mol. The summed E-state index contributed by atoms with van der Waals surface area (Å²) in [5.41, 5.74) is 2.71. The van der Waals surface area contributed by atoms with Crippen molar-refractivity contribution in [1.29, 1.82) is 0 Å². The van der Waals surface area contributed by atoms with Crippen LogP contribution in [0.25, 0.3) is 0 Å². The van der Waals surface area contributed by atoms with Crippen LogP contribution in [0.4, 0.5) is 0 Å². The predicted octanol–water partition coefficient (Wildman–Crippen LogP) is 3.85. The third-order valence-corrected chi connectivity index (χ3v) is 5.79. The van der Waals surface area contributed by atoms with Crippen molar-refractivity contribution < 1.29 is 4.52 Å². The Kier molecular flexibility index (Phi) is 4.93. The van der Waals surface area contributed by atoms with E-state index in [1.807, 2.05) is 0 Å². The summed E-state index contributed by atoms with van der Waals surface area (Å²) in [6.07, 6.45) is 2.41. The average Bonchev–Trinajstić information content (AvgIpc) is 3.50. The molecule has 1 aromatic heterocycles. The zero-order valence-corrected chi connectivity index (χ0v) is 16.1. The minimum atomic E-state index is 0.300. The third-order valence-electron chi connectivity index (χ3n) is 5.79. The van der Waals surface area contributed by atoms with Crippen LogP contribution in [0.15, 0.2) is 65.2 Å². The highest BCUT2D eigenvalue weighted by atomic mass is 16.5. The Morgan fingerprint density at radius 2 is 1.46 bits per heavy atom. The molecular formula is C23H26N4O. The number of hydrogen-bond donors (Lipinski definition) is 0. The molecule has 2 fully saturated rings. The Hall–Kier alpha value is -2.50. The Morgan fingerprint density at radius 1 is 0.857 bits per heavy atom. The van der Waals surface area contributed by atoms with E-state index in [9.17, 15) is 0 Å². The fourth-order valence-corrected chi connectivity index (χ4v) is 4.10. The van der Waals surface area contributed by atoms with E-state index in [-0.39, 0.29) is 0 Å². The standard InChI is InChI=1S/C23H26N4O/c1-3-7-18(8-4-1)22(19-9-5-2-6-10-19)27-15-13-26(14-16-27)17-21-24-23(25-28-21)20-11-12-20/h1-10,20,22H,11-17H2. The fourth-order valence-electron chi connectivity index (χ4n) is 4.10. The van der Waals surface area contributed by atoms with Crippen molar-refractivity contribution in [2.24, 2.45) is 0 Å². The van der Waals surface area contributed by atoms with Crippen molar-refractivity contribution >= 4 is 0 Å². The van der Waals surface area contributed by atoms with Gasteiger partial charge in [0.15, 0.2) is 5.82 Å². The summed E-state index contributed by atoms with van der Waals surface area (Å²) in [5, 5.41) is 4.14. The number of benzene rings is 2. The Labute approximate surface area is 166 Å². The molecule has 1 aliphatic carbocycles. The molecule has 0 spiro atoms. The van der Waals surface area contributed by atoms with Crippen molar-refractivity contribution in [3.63, 3.8) is 0 Å². The first-order valence-electron chi connectivity index (χ1n) is 10.3. The van der Waals surface area contributed by atoms with Gasteiger partial charge in [0.2, 0.25) is 5.89 Å². The SMILES string of the molecule is c1ccc(C(c2ccccc2)N2CCN(Cc3nc(C4CC4)no3)CC2)cc1. The highest BCUT2D eigenvalue weighted by molar-refractivity contribution is 5.32. The van der Waals surface area contributed by atoms with E-state index in [0.29, 0.717) is 12.0 Å². The number of rotatable bonds is 6. The smallest absolute Gasteiger partial charge is 0.240 e. The van der Waals surface area contributed by atoms with Crippen molar-refractivity contribution in [3.8, 4) is 0 Å². The number of piperazine rings is 1. The summed E-state index contributed by atoms with van der Waals surface area (Å²) >= 11 is 0. The average molecular weight is 374 g/mol. The molecular weight excluding hydrogens is 348 g/mol. The summed E-state index contributed by atoms with van der Waals surface area (Å²) in [7, 11) is 0. The van der Waals surface area contributed by atoms with Crippen LogP contribution >= 0.6 is 0 Å². The number of nitrogens with zero attached hydrogens (tertiary/aromatic N) is 4. The van der Waals surface area contributed by atoms with Gasteiger partial charge in [-0.3, -0.25) is 9.80 Å². The van der Waals surface area contributed by atoms with E-state index >= 15 is 0 Å². The molecule has 2 aliphatic rings. The quantitative estimate of drug-likeness (QED) is 0.656. The lowest BCUT2D eigenvalue weighted by atomic mass is 9.96. The van der Waals surface area contributed by atoms with Gasteiger partial charge >= 0.3 is 0 Å². The lowest BCUT2D eigenvalue weighted by molar-refractivity contribution is 0.0966. The van der Waals surface area contributed by atoms with E-state index in [0.717, 1.165) is 44.4 Å². The van der Waals surface area contributed by atoms with E-state index in [2.05, 4.69) is 80.6 Å². The fraction of sp³-hybridized carbons (Fsp3) is 0.391. The largest absolute Gasteiger partial charge is 0.338 e. The molecule has 3 aromatic rings. The maximum absolute atomic E-state index is 5.47. The van der Waals surface area contributed by atoms with Crippen LogP contribution in [-0.2, 0) is 6.54 Å². The van der Waals surface area contributed by atoms with Crippen molar-refractivity contribution in [1.82, 2.24) is 19.9 Å². The first-order valence-corrected chi connectivity index (χ1v) is 10.3. The molecule has 0 radical (unpaired) electrons. The maximum Gasteiger partial charge on any atom is 0.240 e. The van der Waals surface area contributed by atoms with Gasteiger partial charge in [0.1, 0.15) is 0 Å². The van der Waals surface area contributed by atoms with E-state index in [4.69, 9.17) is 4.52 Å². The van der Waals surface area contributed by atoms with E-state index in [1.165, 1.54) is 24.0 Å². The normalized spacial score (nSPS) is 18.6. The second-order valence-corrected chi connectivity index (χ2v) is 7.86. The molecule has 2 aromatic carbocycles. The summed E-state index contributed by atoms with van der Waals surface area (Å²) < 4.78 is 5.47. The molecule has 5 rings (SSSR count). The maximum atomic E-state index is 5.47. The highest BCUT2D eigenvalue weighted by Gasteiger charge is 2.30. The number of aromatic nitrogens is 2. The van der Waals surface area contributed by atoms with Gasteiger partial charge < -0.3 is 4.52 Å². The van der Waals surface area contributed by atoms with Crippen LogP contribution in [0.2, 0.25) is 0 Å². The first kappa shape index (κ1) is 17.6. The molecule has 1 saturated carbocycles. The van der Waals surface area contributed by atoms with Gasteiger partial charge in [0.25, 0.3) is 0 Å². The van der Waals surface area contributed by atoms with Gasteiger partial charge in [-0.15, -0.1) is 0 Å². The summed E-state index contributed by atoms with van der Waals surface area (Å²) in [4.78, 5) is 9.59. The number of hydrogen-bond acceptors (Lipinski definition) is 5. The first-order chi connectivity index (χ1) is 13.9. The lowest BCUT2D eigenvalue weighted by Crippen LogP contribution is -2.47. The van der Waals surface area contributed by atoms with Crippen molar-refractivity contribution in [2.45, 2.75) is 31.3 Å². The molecule has 1 saturated heterocycles. The second-order valence-electron chi connectivity index (χ2n) is 7.86. The van der Waals surface area contributed by atoms with Crippen molar-refractivity contribution in [3.05, 3.63) is 83.5 Å². The molecule has 5 nitrogen and oxygen atoms in total. The zero-order chi connectivity index (χ0) is 18.8. The molecule has 1 aliphatic heterocycles. The van der Waals surface area contributed by atoms with Crippen LogP contribution in [-0.4, -0.2) is 46.1 Å². The highest BCUT2D eigenvalue weighted by Crippen LogP contribution is 2.38. The third kappa shape index (κ3) is 3.86. The van der Waals surface area contributed by atoms with Crippen molar-refractivity contribution in [2.75, 3.05) is 26.2 Å². The van der Waals surface area contributed by atoms with Crippen LogP contribution in [0.3, 0.4) is 0 Å². The second kappa shape index (κ2) is 7.86. The summed E-state index contributed by atoms with van der Waals surface area (Å²) in [5.74, 6) is 2.21. The van der Waals surface area contributed by atoms with Gasteiger partial charge in [-0.2, -0.15) is 4.98 Å².